The maximum absolute atomic E-state index is 13.3. The highest BCUT2D eigenvalue weighted by atomic mass is 32.1. The Balaban J connectivity index is 1.53. The molecule has 28 heavy (non-hydrogen) atoms. The summed E-state index contributed by atoms with van der Waals surface area (Å²) >= 11 is 1.43. The van der Waals surface area contributed by atoms with E-state index in [1.807, 2.05) is 41.0 Å². The normalized spacial score (nSPS) is 21.9. The molecule has 6 heteroatoms. The third-order valence-electron chi connectivity index (χ3n) is 5.82. The lowest BCUT2D eigenvalue weighted by molar-refractivity contribution is -0.00595. The van der Waals surface area contributed by atoms with Gasteiger partial charge in [0.25, 0.3) is 11.8 Å². The Kier molecular flexibility index (Phi) is 4.78. The van der Waals surface area contributed by atoms with E-state index in [4.69, 9.17) is 0 Å². The van der Waals surface area contributed by atoms with Crippen LogP contribution >= 0.6 is 11.3 Å². The van der Waals surface area contributed by atoms with Gasteiger partial charge in [0.05, 0.1) is 11.2 Å². The number of benzene rings is 1. The van der Waals surface area contributed by atoms with Crippen LogP contribution in [0.2, 0.25) is 0 Å². The number of hydrogen-bond donors (Lipinski definition) is 0. The Morgan fingerprint density at radius 1 is 1.00 bits per heavy atom. The van der Waals surface area contributed by atoms with Crippen LogP contribution in [0.1, 0.15) is 64.9 Å². The lowest BCUT2D eigenvalue weighted by atomic mass is 9.88. The van der Waals surface area contributed by atoms with Gasteiger partial charge in [-0.15, -0.1) is 11.3 Å². The van der Waals surface area contributed by atoms with Crippen LogP contribution in [-0.2, 0) is 5.41 Å². The van der Waals surface area contributed by atoms with E-state index >= 15 is 0 Å². The van der Waals surface area contributed by atoms with Crippen LogP contribution < -0.4 is 0 Å². The van der Waals surface area contributed by atoms with Crippen LogP contribution in [0.5, 0.6) is 0 Å². The molecule has 2 aromatic rings. The molecule has 0 N–H and O–H groups in total. The van der Waals surface area contributed by atoms with E-state index in [0.29, 0.717) is 13.1 Å². The van der Waals surface area contributed by atoms with Crippen molar-refractivity contribution in [3.8, 4) is 0 Å². The molecule has 1 aromatic heterocycles. The molecule has 2 unspecified atom stereocenters. The minimum Gasteiger partial charge on any atom is -0.332 e. The second kappa shape index (κ2) is 6.99. The molecule has 5 nitrogen and oxygen atoms in total. The quantitative estimate of drug-likeness (QED) is 0.773. The van der Waals surface area contributed by atoms with Gasteiger partial charge < -0.3 is 9.80 Å². The number of aryl methyl sites for hydroxylation is 1. The molecular weight excluding hydrogens is 370 g/mol. The van der Waals surface area contributed by atoms with Crippen molar-refractivity contribution in [3.05, 3.63) is 51.5 Å². The van der Waals surface area contributed by atoms with Gasteiger partial charge >= 0.3 is 0 Å². The van der Waals surface area contributed by atoms with Crippen LogP contribution in [0.25, 0.3) is 0 Å². The zero-order valence-corrected chi connectivity index (χ0v) is 17.8. The number of nitrogens with zero attached hydrogens (tertiary/aromatic N) is 3. The summed E-state index contributed by atoms with van der Waals surface area (Å²) in [5, 5.41) is 0. The molecule has 4 heterocycles. The molecule has 148 valence electrons. The highest BCUT2D eigenvalue weighted by Gasteiger charge is 2.44. The van der Waals surface area contributed by atoms with Gasteiger partial charge in [-0.25, -0.2) is 4.98 Å². The van der Waals surface area contributed by atoms with Crippen LogP contribution in [0.3, 0.4) is 0 Å². The number of carbonyl (C=O) groups is 2. The number of piperazine rings is 1. The van der Waals surface area contributed by atoms with Crippen molar-refractivity contribution in [3.63, 3.8) is 0 Å². The second-order valence-electron chi connectivity index (χ2n) is 8.95. The van der Waals surface area contributed by atoms with Crippen molar-refractivity contribution < 1.29 is 9.59 Å². The topological polar surface area (TPSA) is 53.5 Å². The molecule has 2 bridgehead atoms. The molecule has 1 aromatic carbocycles. The van der Waals surface area contributed by atoms with Crippen molar-refractivity contribution in [1.82, 2.24) is 14.8 Å². The van der Waals surface area contributed by atoms with Gasteiger partial charge in [0, 0.05) is 36.2 Å². The average Bonchev–Trinajstić information content (AvgIpc) is 3.18. The number of fused-ring (bicyclic) bond motifs is 3. The fourth-order valence-electron chi connectivity index (χ4n) is 4.25. The first-order chi connectivity index (χ1) is 13.3. The summed E-state index contributed by atoms with van der Waals surface area (Å²) in [5.41, 5.74) is 4.36. The number of hydrogen-bond acceptors (Lipinski definition) is 4. The molecule has 5 rings (SSSR count). The fourth-order valence-corrected chi connectivity index (χ4v) is 5.20. The largest absolute Gasteiger partial charge is 0.332 e. The van der Waals surface area contributed by atoms with Crippen LogP contribution in [0.15, 0.2) is 29.8 Å². The van der Waals surface area contributed by atoms with Gasteiger partial charge in [-0.2, -0.15) is 0 Å². The minimum absolute atomic E-state index is 0.0737. The summed E-state index contributed by atoms with van der Waals surface area (Å²) in [4.78, 5) is 35.5. The Morgan fingerprint density at radius 3 is 2.11 bits per heavy atom. The fraction of sp³-hybridized carbons (Fsp3) is 0.500. The summed E-state index contributed by atoms with van der Waals surface area (Å²) in [6.07, 6.45) is 1.92. The molecule has 3 fully saturated rings. The van der Waals surface area contributed by atoms with Crippen molar-refractivity contribution in [2.45, 2.75) is 58.0 Å². The highest BCUT2D eigenvalue weighted by molar-refractivity contribution is 7.11. The van der Waals surface area contributed by atoms with Crippen LogP contribution in [0, 0.1) is 6.92 Å². The number of aromatic nitrogens is 1. The first kappa shape index (κ1) is 19.1. The van der Waals surface area contributed by atoms with Crippen LogP contribution in [-0.4, -0.2) is 51.8 Å². The van der Waals surface area contributed by atoms with Crippen molar-refractivity contribution in [2.24, 2.45) is 0 Å². The molecule has 3 saturated heterocycles. The standard InChI is InChI=1S/C22H27N3O2S/c1-14-5-7-15(8-6-14)20(26)24-11-17-10-9-16(24)12-25(17)21(27)18-19(22(2,3)4)23-13-28-18/h5-8,13,16-17H,9-12H2,1-4H3. The first-order valence-electron chi connectivity index (χ1n) is 9.88. The van der Waals surface area contributed by atoms with E-state index in [0.717, 1.165) is 34.5 Å². The Labute approximate surface area is 170 Å². The molecule has 0 aliphatic carbocycles. The predicted octanol–water partition coefficient (Wildman–Crippen LogP) is 3.88. The zero-order chi connectivity index (χ0) is 20.1. The lowest BCUT2D eigenvalue weighted by Crippen LogP contribution is -2.65. The van der Waals surface area contributed by atoms with Gasteiger partial charge in [-0.05, 0) is 31.9 Å². The van der Waals surface area contributed by atoms with Crippen molar-refractivity contribution in [2.75, 3.05) is 13.1 Å². The van der Waals surface area contributed by atoms with E-state index in [1.54, 1.807) is 5.51 Å². The monoisotopic (exact) mass is 397 g/mol. The van der Waals surface area contributed by atoms with E-state index in [-0.39, 0.29) is 29.3 Å². The Hall–Kier alpha value is -2.21. The number of carbonyl (C=O) groups excluding carboxylic acids is 2. The molecule has 0 saturated carbocycles. The smallest absolute Gasteiger partial charge is 0.266 e. The maximum atomic E-state index is 13.3. The Morgan fingerprint density at radius 2 is 1.57 bits per heavy atom. The summed E-state index contributed by atoms with van der Waals surface area (Å²) in [5.74, 6) is 0.152. The van der Waals surface area contributed by atoms with Gasteiger partial charge in [0.15, 0.2) is 0 Å². The number of amides is 2. The number of piperidine rings is 2. The molecule has 0 radical (unpaired) electrons. The first-order valence-corrected chi connectivity index (χ1v) is 10.8. The van der Waals surface area contributed by atoms with Crippen molar-refractivity contribution >= 4 is 23.2 Å². The molecule has 0 spiro atoms. The Bertz CT molecular complexity index is 897. The highest BCUT2D eigenvalue weighted by Crippen LogP contribution is 2.34. The summed E-state index contributed by atoms with van der Waals surface area (Å²) in [6, 6.07) is 7.92. The molecule has 3 aliphatic rings. The van der Waals surface area contributed by atoms with Gasteiger partial charge in [0.1, 0.15) is 4.88 Å². The molecule has 2 atom stereocenters. The average molecular weight is 398 g/mol. The van der Waals surface area contributed by atoms with Crippen molar-refractivity contribution in [1.29, 1.82) is 0 Å². The van der Waals surface area contributed by atoms with E-state index in [9.17, 15) is 9.59 Å². The number of thiazole rings is 1. The molecular formula is C22H27N3O2S. The molecule has 3 aliphatic heterocycles. The summed E-state index contributed by atoms with van der Waals surface area (Å²) in [7, 11) is 0. The SMILES string of the molecule is Cc1ccc(C(=O)N2CC3CCC2CN3C(=O)c2scnc2C(C)(C)C)cc1. The second-order valence-corrected chi connectivity index (χ2v) is 9.80. The minimum atomic E-state index is -0.159. The van der Waals surface area contributed by atoms with Crippen LogP contribution in [0.4, 0.5) is 0 Å². The zero-order valence-electron chi connectivity index (χ0n) is 16.9. The summed E-state index contributed by atoms with van der Waals surface area (Å²) < 4.78 is 0. The van der Waals surface area contributed by atoms with E-state index in [1.165, 1.54) is 11.3 Å². The third kappa shape index (κ3) is 3.34. The van der Waals surface area contributed by atoms with E-state index in [2.05, 4.69) is 25.8 Å². The van der Waals surface area contributed by atoms with Gasteiger partial charge in [-0.3, -0.25) is 9.59 Å². The van der Waals surface area contributed by atoms with Gasteiger partial charge in [0.2, 0.25) is 0 Å². The lowest BCUT2D eigenvalue weighted by Gasteiger charge is -2.51. The molecule has 2 amide bonds. The third-order valence-corrected chi connectivity index (χ3v) is 6.64. The van der Waals surface area contributed by atoms with Gasteiger partial charge in [-0.1, -0.05) is 38.5 Å². The van der Waals surface area contributed by atoms with E-state index < -0.39 is 0 Å². The number of rotatable bonds is 2. The maximum Gasteiger partial charge on any atom is 0.266 e. The predicted molar refractivity (Wildman–Crippen MR) is 111 cm³/mol. The summed E-state index contributed by atoms with van der Waals surface area (Å²) in [6.45, 7) is 9.51.